The summed E-state index contributed by atoms with van der Waals surface area (Å²) in [6, 6.07) is 14.9. The Balaban J connectivity index is 1.92. The first-order chi connectivity index (χ1) is 10.9. The van der Waals surface area contributed by atoms with Crippen LogP contribution >= 0.6 is 27.7 Å². The van der Waals surface area contributed by atoms with Crippen LogP contribution in [-0.2, 0) is 9.59 Å². The van der Waals surface area contributed by atoms with Gasteiger partial charge in [0.25, 0.3) is 0 Å². The maximum atomic E-state index is 12.2. The third-order valence-corrected chi connectivity index (χ3v) is 4.61. The second-order valence-electron chi connectivity index (χ2n) is 4.96. The molecule has 6 heteroatoms. The van der Waals surface area contributed by atoms with Crippen LogP contribution in [0.25, 0.3) is 0 Å². The Labute approximate surface area is 148 Å². The molecule has 0 heterocycles. The molecule has 2 amide bonds. The van der Waals surface area contributed by atoms with Crippen molar-refractivity contribution in [2.45, 2.75) is 24.0 Å². The summed E-state index contributed by atoms with van der Waals surface area (Å²) in [6.45, 7) is 3.33. The van der Waals surface area contributed by atoms with E-state index in [1.807, 2.05) is 55.5 Å². The number of benzene rings is 2. The number of amides is 2. The summed E-state index contributed by atoms with van der Waals surface area (Å²) in [5.41, 5.74) is 1.51. The molecule has 0 bridgehead atoms. The monoisotopic (exact) mass is 392 g/mol. The van der Waals surface area contributed by atoms with Gasteiger partial charge < -0.3 is 10.6 Å². The summed E-state index contributed by atoms with van der Waals surface area (Å²) in [6.07, 6.45) is 0. The van der Waals surface area contributed by atoms with Gasteiger partial charge >= 0.3 is 0 Å². The van der Waals surface area contributed by atoms with Crippen LogP contribution in [-0.4, -0.2) is 17.1 Å². The molecule has 2 rings (SSSR count). The van der Waals surface area contributed by atoms with Gasteiger partial charge in [0.2, 0.25) is 11.8 Å². The molecule has 0 unspecified atom stereocenters. The summed E-state index contributed by atoms with van der Waals surface area (Å²) in [5, 5.41) is 5.37. The minimum atomic E-state index is -0.231. The Morgan fingerprint density at radius 3 is 2.04 bits per heavy atom. The number of thioether (sulfide) groups is 1. The number of carbonyl (C=O) groups excluding carboxylic acids is 2. The summed E-state index contributed by atoms with van der Waals surface area (Å²) in [5.74, 6) is -0.157. The smallest absolute Gasteiger partial charge is 0.237 e. The van der Waals surface area contributed by atoms with Gasteiger partial charge in [-0.2, -0.15) is 0 Å². The first kappa shape index (κ1) is 17.6. The minimum Gasteiger partial charge on any atom is -0.326 e. The highest BCUT2D eigenvalue weighted by molar-refractivity contribution is 9.10. The van der Waals surface area contributed by atoms with Gasteiger partial charge in [-0.1, -0.05) is 15.9 Å². The largest absolute Gasteiger partial charge is 0.326 e. The number of carbonyl (C=O) groups is 2. The molecule has 0 aliphatic carbocycles. The van der Waals surface area contributed by atoms with Crippen molar-refractivity contribution < 1.29 is 9.59 Å². The van der Waals surface area contributed by atoms with E-state index in [0.717, 1.165) is 20.7 Å². The molecule has 0 saturated heterocycles. The van der Waals surface area contributed by atoms with Crippen molar-refractivity contribution in [2.24, 2.45) is 0 Å². The third-order valence-electron chi connectivity index (χ3n) is 2.97. The third kappa shape index (κ3) is 5.73. The molecule has 120 valence electrons. The van der Waals surface area contributed by atoms with Crippen LogP contribution in [0.1, 0.15) is 13.8 Å². The Bertz CT molecular complexity index is 687. The summed E-state index contributed by atoms with van der Waals surface area (Å²) in [7, 11) is 0. The number of rotatable bonds is 5. The van der Waals surface area contributed by atoms with Crippen LogP contribution in [0.3, 0.4) is 0 Å². The maximum absolute atomic E-state index is 12.2. The van der Waals surface area contributed by atoms with Crippen LogP contribution < -0.4 is 10.6 Å². The van der Waals surface area contributed by atoms with Crippen molar-refractivity contribution in [1.82, 2.24) is 0 Å². The van der Waals surface area contributed by atoms with E-state index in [0.29, 0.717) is 0 Å². The van der Waals surface area contributed by atoms with E-state index >= 15 is 0 Å². The van der Waals surface area contributed by atoms with E-state index in [9.17, 15) is 9.59 Å². The Kier molecular flexibility index (Phi) is 6.24. The summed E-state index contributed by atoms with van der Waals surface area (Å²) >= 11 is 4.83. The van der Waals surface area contributed by atoms with Gasteiger partial charge in [0.1, 0.15) is 0 Å². The number of hydrogen-bond donors (Lipinski definition) is 2. The number of anilines is 2. The normalized spacial score (nSPS) is 11.6. The van der Waals surface area contributed by atoms with Gasteiger partial charge in [0.05, 0.1) is 5.25 Å². The molecule has 0 aliphatic rings. The fourth-order valence-electron chi connectivity index (χ4n) is 1.85. The number of nitrogens with one attached hydrogen (secondary N) is 2. The predicted octanol–water partition coefficient (Wildman–Crippen LogP) is 4.53. The average Bonchev–Trinajstić information content (AvgIpc) is 2.51. The molecule has 2 aromatic rings. The molecule has 0 saturated carbocycles. The summed E-state index contributed by atoms with van der Waals surface area (Å²) < 4.78 is 0.970. The molecule has 0 aromatic heterocycles. The minimum absolute atomic E-state index is 0.0525. The predicted molar refractivity (Wildman–Crippen MR) is 98.8 cm³/mol. The molecule has 1 atom stereocenters. The van der Waals surface area contributed by atoms with E-state index < -0.39 is 0 Å². The van der Waals surface area contributed by atoms with E-state index in [1.165, 1.54) is 18.7 Å². The quantitative estimate of drug-likeness (QED) is 0.734. The first-order valence-electron chi connectivity index (χ1n) is 7.05. The topological polar surface area (TPSA) is 58.2 Å². The lowest BCUT2D eigenvalue weighted by atomic mass is 10.3. The standard InChI is InChI=1S/C17H17BrN2O2S/c1-11(17(22)20-15-5-3-13(18)4-6-15)23-16-9-7-14(8-10-16)19-12(2)21/h3-11H,1-2H3,(H,19,21)(H,20,22)/t11-/m1/s1. The van der Waals surface area contributed by atoms with Crippen LogP contribution in [0.15, 0.2) is 57.9 Å². The zero-order valence-corrected chi connectivity index (χ0v) is 15.2. The van der Waals surface area contributed by atoms with E-state index in [2.05, 4.69) is 26.6 Å². The highest BCUT2D eigenvalue weighted by atomic mass is 79.9. The van der Waals surface area contributed by atoms with Crippen molar-refractivity contribution in [3.05, 3.63) is 53.0 Å². The number of halogens is 1. The Hall–Kier alpha value is -1.79. The zero-order chi connectivity index (χ0) is 16.8. The second kappa shape index (κ2) is 8.17. The van der Waals surface area contributed by atoms with Gasteiger partial charge in [-0.05, 0) is 55.5 Å². The Morgan fingerprint density at radius 2 is 1.48 bits per heavy atom. The van der Waals surface area contributed by atoms with E-state index in [4.69, 9.17) is 0 Å². The average molecular weight is 393 g/mol. The van der Waals surface area contributed by atoms with Crippen molar-refractivity contribution >= 4 is 50.9 Å². The highest BCUT2D eigenvalue weighted by Crippen LogP contribution is 2.26. The fraction of sp³-hybridized carbons (Fsp3) is 0.176. The van der Waals surface area contributed by atoms with Crippen LogP contribution in [0.5, 0.6) is 0 Å². The lowest BCUT2D eigenvalue weighted by molar-refractivity contribution is -0.115. The number of hydrogen-bond acceptors (Lipinski definition) is 3. The lowest BCUT2D eigenvalue weighted by Gasteiger charge is -2.12. The van der Waals surface area contributed by atoms with Gasteiger partial charge in [-0.3, -0.25) is 9.59 Å². The second-order valence-corrected chi connectivity index (χ2v) is 7.29. The fourth-order valence-corrected chi connectivity index (χ4v) is 2.99. The van der Waals surface area contributed by atoms with Crippen LogP contribution in [0.4, 0.5) is 11.4 Å². The zero-order valence-electron chi connectivity index (χ0n) is 12.8. The molecule has 0 aliphatic heterocycles. The molecule has 0 fully saturated rings. The van der Waals surface area contributed by atoms with Gasteiger partial charge in [-0.25, -0.2) is 0 Å². The molecular formula is C17H17BrN2O2S. The van der Waals surface area contributed by atoms with Crippen LogP contribution in [0, 0.1) is 0 Å². The summed E-state index contributed by atoms with van der Waals surface area (Å²) in [4.78, 5) is 24.2. The van der Waals surface area contributed by atoms with E-state index in [1.54, 1.807) is 0 Å². The molecule has 2 aromatic carbocycles. The Morgan fingerprint density at radius 1 is 0.957 bits per heavy atom. The SMILES string of the molecule is CC(=O)Nc1ccc(S[C@H](C)C(=O)Nc2ccc(Br)cc2)cc1. The molecular weight excluding hydrogens is 376 g/mol. The molecule has 0 radical (unpaired) electrons. The lowest BCUT2D eigenvalue weighted by Crippen LogP contribution is -2.22. The van der Waals surface area contributed by atoms with E-state index in [-0.39, 0.29) is 17.1 Å². The highest BCUT2D eigenvalue weighted by Gasteiger charge is 2.14. The van der Waals surface area contributed by atoms with Crippen molar-refractivity contribution in [3.63, 3.8) is 0 Å². The maximum Gasteiger partial charge on any atom is 0.237 e. The van der Waals surface area contributed by atoms with Gasteiger partial charge in [0, 0.05) is 27.7 Å². The molecule has 23 heavy (non-hydrogen) atoms. The van der Waals surface area contributed by atoms with Crippen molar-refractivity contribution in [1.29, 1.82) is 0 Å². The van der Waals surface area contributed by atoms with Crippen LogP contribution in [0.2, 0.25) is 0 Å². The molecule has 0 spiro atoms. The van der Waals surface area contributed by atoms with Crippen molar-refractivity contribution in [2.75, 3.05) is 10.6 Å². The first-order valence-corrected chi connectivity index (χ1v) is 8.72. The van der Waals surface area contributed by atoms with Gasteiger partial charge in [0.15, 0.2) is 0 Å². The van der Waals surface area contributed by atoms with Crippen molar-refractivity contribution in [3.8, 4) is 0 Å². The van der Waals surface area contributed by atoms with Gasteiger partial charge in [-0.15, -0.1) is 11.8 Å². The molecule has 2 N–H and O–H groups in total. The molecule has 4 nitrogen and oxygen atoms in total.